The summed E-state index contributed by atoms with van der Waals surface area (Å²) in [5, 5.41) is 6.99. The second kappa shape index (κ2) is 8.27. The van der Waals surface area contributed by atoms with Gasteiger partial charge in [0, 0.05) is 28.5 Å². The van der Waals surface area contributed by atoms with Crippen LogP contribution in [0.1, 0.15) is 27.4 Å². The minimum absolute atomic E-state index is 0.0105. The standard InChI is InChI=1S/C19H12Cl3F3N6O/c1-9-5-15(19(22,24)25)31-16(26-9)6-14(28-31)18(32)27-17-12(21)8-30(29-17)7-10-11(20)3-2-4-13(10)23/h2-6,8H,7H2,1H3,(H,27,29,32). The molecule has 7 nitrogen and oxygen atoms in total. The van der Waals surface area contributed by atoms with Gasteiger partial charge in [-0.25, -0.2) is 13.9 Å². The normalized spacial score (nSPS) is 11.8. The Morgan fingerprint density at radius 2 is 1.94 bits per heavy atom. The molecular weight excluding hydrogens is 492 g/mol. The highest BCUT2D eigenvalue weighted by molar-refractivity contribution is 6.33. The highest BCUT2D eigenvalue weighted by Gasteiger charge is 2.33. The van der Waals surface area contributed by atoms with E-state index in [2.05, 4.69) is 20.5 Å². The first-order valence-corrected chi connectivity index (χ1v) is 10.1. The number of anilines is 1. The summed E-state index contributed by atoms with van der Waals surface area (Å²) in [5.74, 6) is -1.32. The number of nitrogens with zero attached hydrogens (tertiary/aromatic N) is 5. The third-order valence-electron chi connectivity index (χ3n) is 4.41. The smallest absolute Gasteiger partial charge is 0.302 e. The minimum Gasteiger partial charge on any atom is -0.302 e. The number of carbonyl (C=O) groups excluding carboxylic acids is 1. The van der Waals surface area contributed by atoms with Gasteiger partial charge in [-0.1, -0.05) is 29.3 Å². The fourth-order valence-electron chi connectivity index (χ4n) is 2.99. The van der Waals surface area contributed by atoms with Crippen LogP contribution in [-0.4, -0.2) is 30.3 Å². The number of alkyl halides is 3. The van der Waals surface area contributed by atoms with Crippen LogP contribution in [0, 0.1) is 12.7 Å². The van der Waals surface area contributed by atoms with Crippen LogP contribution in [-0.2, 0) is 11.9 Å². The van der Waals surface area contributed by atoms with E-state index in [-0.39, 0.29) is 45.0 Å². The highest BCUT2D eigenvalue weighted by atomic mass is 35.5. The number of hydrogen-bond acceptors (Lipinski definition) is 4. The summed E-state index contributed by atoms with van der Waals surface area (Å²) in [6.07, 6.45) is 1.38. The molecule has 0 aliphatic rings. The average Bonchev–Trinajstić information content (AvgIpc) is 3.26. The lowest BCUT2D eigenvalue weighted by molar-refractivity contribution is 0.0868. The van der Waals surface area contributed by atoms with Crippen molar-refractivity contribution < 1.29 is 18.0 Å². The summed E-state index contributed by atoms with van der Waals surface area (Å²) in [6, 6.07) is 6.55. The van der Waals surface area contributed by atoms with Crippen LogP contribution in [0.2, 0.25) is 10.0 Å². The lowest BCUT2D eigenvalue weighted by Crippen LogP contribution is -2.16. The second-order valence-electron chi connectivity index (χ2n) is 6.76. The van der Waals surface area contributed by atoms with Crippen molar-refractivity contribution in [3.05, 3.63) is 75.0 Å². The van der Waals surface area contributed by atoms with Crippen LogP contribution >= 0.6 is 34.8 Å². The molecular formula is C19H12Cl3F3N6O. The molecule has 32 heavy (non-hydrogen) atoms. The van der Waals surface area contributed by atoms with Crippen LogP contribution in [0.15, 0.2) is 36.5 Å². The van der Waals surface area contributed by atoms with E-state index < -0.39 is 22.8 Å². The SMILES string of the molecule is Cc1cc(C(F)(F)Cl)n2nc(C(=O)Nc3nn(Cc4c(F)cccc4Cl)cc3Cl)cc2n1. The zero-order valence-corrected chi connectivity index (χ0v) is 18.4. The Bertz CT molecular complexity index is 1330. The zero-order valence-electron chi connectivity index (χ0n) is 16.1. The quantitative estimate of drug-likeness (QED) is 0.377. The number of fused-ring (bicyclic) bond motifs is 1. The Labute approximate surface area is 193 Å². The van der Waals surface area contributed by atoms with Crippen molar-refractivity contribution in [1.82, 2.24) is 24.4 Å². The van der Waals surface area contributed by atoms with E-state index in [1.165, 1.54) is 42.1 Å². The molecule has 166 valence electrons. The van der Waals surface area contributed by atoms with Crippen LogP contribution in [0.25, 0.3) is 5.65 Å². The van der Waals surface area contributed by atoms with Crippen molar-refractivity contribution in [3.63, 3.8) is 0 Å². The summed E-state index contributed by atoms with van der Waals surface area (Å²) >= 11 is 17.3. The van der Waals surface area contributed by atoms with Crippen molar-refractivity contribution in [2.75, 3.05) is 5.32 Å². The third kappa shape index (κ3) is 4.38. The van der Waals surface area contributed by atoms with Gasteiger partial charge in [-0.05, 0) is 36.7 Å². The van der Waals surface area contributed by atoms with Gasteiger partial charge in [-0.15, -0.1) is 0 Å². The Hall–Kier alpha value is -2.82. The van der Waals surface area contributed by atoms with Crippen LogP contribution in [0.3, 0.4) is 0 Å². The molecule has 0 radical (unpaired) electrons. The van der Waals surface area contributed by atoms with E-state index in [4.69, 9.17) is 34.8 Å². The Morgan fingerprint density at radius 3 is 2.62 bits per heavy atom. The van der Waals surface area contributed by atoms with Crippen molar-refractivity contribution in [1.29, 1.82) is 0 Å². The number of rotatable bonds is 5. The van der Waals surface area contributed by atoms with Gasteiger partial charge in [0.2, 0.25) is 0 Å². The van der Waals surface area contributed by atoms with E-state index in [1.54, 1.807) is 0 Å². The molecule has 0 saturated carbocycles. The molecule has 13 heteroatoms. The molecule has 0 saturated heterocycles. The topological polar surface area (TPSA) is 77.1 Å². The Kier molecular flexibility index (Phi) is 5.78. The van der Waals surface area contributed by atoms with Gasteiger partial charge >= 0.3 is 5.38 Å². The summed E-state index contributed by atoms with van der Waals surface area (Å²) in [6.45, 7) is 1.47. The van der Waals surface area contributed by atoms with Crippen molar-refractivity contribution in [2.24, 2.45) is 0 Å². The number of hydrogen-bond donors (Lipinski definition) is 1. The maximum Gasteiger partial charge on any atom is 0.364 e. The number of aromatic nitrogens is 5. The molecule has 4 aromatic rings. The van der Waals surface area contributed by atoms with Crippen molar-refractivity contribution >= 4 is 52.2 Å². The molecule has 1 N–H and O–H groups in total. The largest absolute Gasteiger partial charge is 0.364 e. The molecule has 0 unspecified atom stereocenters. The Morgan fingerprint density at radius 1 is 1.19 bits per heavy atom. The van der Waals surface area contributed by atoms with Crippen LogP contribution < -0.4 is 5.32 Å². The molecule has 0 bridgehead atoms. The first kappa shape index (κ1) is 22.4. The first-order chi connectivity index (χ1) is 15.0. The lowest BCUT2D eigenvalue weighted by Gasteiger charge is -2.10. The number of aryl methyl sites for hydroxylation is 1. The summed E-state index contributed by atoms with van der Waals surface area (Å²) in [4.78, 5) is 16.7. The van der Waals surface area contributed by atoms with E-state index in [0.29, 0.717) is 0 Å². The number of halogens is 6. The number of amides is 1. The Balaban J connectivity index is 1.60. The van der Waals surface area contributed by atoms with Crippen LogP contribution in [0.5, 0.6) is 0 Å². The fraction of sp³-hybridized carbons (Fsp3) is 0.158. The lowest BCUT2D eigenvalue weighted by atomic mass is 10.2. The molecule has 0 fully saturated rings. The molecule has 0 aliphatic carbocycles. The molecule has 1 aromatic carbocycles. The van der Waals surface area contributed by atoms with Gasteiger partial charge in [0.25, 0.3) is 5.91 Å². The molecule has 4 rings (SSSR count). The third-order valence-corrected chi connectivity index (χ3v) is 5.23. The zero-order chi connectivity index (χ0) is 23.2. The van der Waals surface area contributed by atoms with Crippen LogP contribution in [0.4, 0.5) is 19.0 Å². The first-order valence-electron chi connectivity index (χ1n) is 8.95. The van der Waals surface area contributed by atoms with Gasteiger partial charge in [-0.3, -0.25) is 9.48 Å². The van der Waals surface area contributed by atoms with E-state index in [9.17, 15) is 18.0 Å². The van der Waals surface area contributed by atoms with E-state index in [1.807, 2.05) is 0 Å². The molecule has 0 atom stereocenters. The molecule has 0 spiro atoms. The predicted molar refractivity (Wildman–Crippen MR) is 113 cm³/mol. The molecule has 3 aromatic heterocycles. The maximum absolute atomic E-state index is 14.0. The fourth-order valence-corrected chi connectivity index (χ4v) is 3.55. The number of carbonyl (C=O) groups is 1. The van der Waals surface area contributed by atoms with Gasteiger partial charge in [0.15, 0.2) is 17.2 Å². The summed E-state index contributed by atoms with van der Waals surface area (Å²) in [5.41, 5.74) is -0.370. The van der Waals surface area contributed by atoms with Crippen molar-refractivity contribution in [3.8, 4) is 0 Å². The predicted octanol–water partition coefficient (Wildman–Crippen LogP) is 5.27. The maximum atomic E-state index is 14.0. The highest BCUT2D eigenvalue weighted by Crippen LogP contribution is 2.33. The number of nitrogens with one attached hydrogen (secondary N) is 1. The molecule has 3 heterocycles. The van der Waals surface area contributed by atoms with E-state index >= 15 is 0 Å². The average molecular weight is 504 g/mol. The van der Waals surface area contributed by atoms with Gasteiger partial charge in [0.1, 0.15) is 16.5 Å². The minimum atomic E-state index is -3.72. The second-order valence-corrected chi connectivity index (χ2v) is 8.05. The molecule has 0 aliphatic heterocycles. The summed E-state index contributed by atoms with van der Waals surface area (Å²) in [7, 11) is 0. The summed E-state index contributed by atoms with van der Waals surface area (Å²) < 4.78 is 43.5. The number of benzene rings is 1. The monoisotopic (exact) mass is 502 g/mol. The van der Waals surface area contributed by atoms with Gasteiger partial charge < -0.3 is 5.32 Å². The van der Waals surface area contributed by atoms with Gasteiger partial charge in [-0.2, -0.15) is 19.0 Å². The van der Waals surface area contributed by atoms with Gasteiger partial charge in [0.05, 0.1) is 6.54 Å². The van der Waals surface area contributed by atoms with E-state index in [0.717, 1.165) is 10.6 Å². The van der Waals surface area contributed by atoms with Crippen molar-refractivity contribution in [2.45, 2.75) is 18.9 Å². The molecule has 1 amide bonds.